The number of aliphatic hydroxyl groups is 2. The molecule has 0 bridgehead atoms. The van der Waals surface area contributed by atoms with Gasteiger partial charge in [-0.05, 0) is 71.8 Å². The molecule has 0 aliphatic rings. The minimum absolute atomic E-state index is 0.123. The van der Waals surface area contributed by atoms with Gasteiger partial charge in [0.1, 0.15) is 11.6 Å². The molecule has 0 spiro atoms. The number of aromatic nitrogens is 4. The number of carboxylic acid groups (broad SMARTS) is 1. The van der Waals surface area contributed by atoms with Gasteiger partial charge in [-0.2, -0.15) is 0 Å². The Labute approximate surface area is 206 Å². The second-order valence-electron chi connectivity index (χ2n) is 8.38. The molecule has 0 saturated carbocycles. The number of carboxylic acids is 1. The maximum atomic E-state index is 13.7. The van der Waals surface area contributed by atoms with Crippen LogP contribution in [0, 0.1) is 11.6 Å². The number of hydrogen-bond acceptors (Lipinski definition) is 6. The molecular formula is C26H26F2N4O4. The lowest BCUT2D eigenvalue weighted by atomic mass is 9.92. The number of halogens is 2. The number of aliphatic carboxylic acids is 1. The van der Waals surface area contributed by atoms with Gasteiger partial charge in [-0.25, -0.2) is 13.5 Å². The van der Waals surface area contributed by atoms with E-state index in [1.165, 1.54) is 36.4 Å². The highest BCUT2D eigenvalue weighted by atomic mass is 19.1. The van der Waals surface area contributed by atoms with Crippen molar-refractivity contribution in [3.05, 3.63) is 95.0 Å². The SMILES string of the molecule is CC(C)n1nnnc1C(C=C=C[C@@H](O)C[C@@H](O)CC(=O)O)=C(c1ccc(F)cc1)c1ccc(F)cc1. The van der Waals surface area contributed by atoms with E-state index in [-0.39, 0.29) is 12.5 Å². The van der Waals surface area contributed by atoms with Gasteiger partial charge in [-0.15, -0.1) is 10.8 Å². The first-order valence-corrected chi connectivity index (χ1v) is 11.2. The second kappa shape index (κ2) is 12.1. The molecule has 1 aromatic heterocycles. The fourth-order valence-corrected chi connectivity index (χ4v) is 3.55. The summed E-state index contributed by atoms with van der Waals surface area (Å²) in [4.78, 5) is 10.8. The Balaban J connectivity index is 2.19. The van der Waals surface area contributed by atoms with Crippen molar-refractivity contribution in [3.63, 3.8) is 0 Å². The van der Waals surface area contributed by atoms with E-state index in [0.29, 0.717) is 28.1 Å². The van der Waals surface area contributed by atoms with Gasteiger partial charge in [-0.1, -0.05) is 24.3 Å². The molecule has 3 N–H and O–H groups in total. The topological polar surface area (TPSA) is 121 Å². The van der Waals surface area contributed by atoms with E-state index >= 15 is 0 Å². The van der Waals surface area contributed by atoms with Gasteiger partial charge < -0.3 is 15.3 Å². The van der Waals surface area contributed by atoms with Crippen LogP contribution in [0.4, 0.5) is 8.78 Å². The fraction of sp³-hybridized carbons (Fsp3) is 0.269. The van der Waals surface area contributed by atoms with Gasteiger partial charge >= 0.3 is 5.97 Å². The Morgan fingerprint density at radius 1 is 1.03 bits per heavy atom. The van der Waals surface area contributed by atoms with E-state index in [9.17, 15) is 23.8 Å². The Kier molecular flexibility index (Phi) is 8.97. The first kappa shape index (κ1) is 26.6. The van der Waals surface area contributed by atoms with E-state index in [2.05, 4.69) is 21.3 Å². The summed E-state index contributed by atoms with van der Waals surface area (Å²) in [5, 5.41) is 40.8. The van der Waals surface area contributed by atoms with Gasteiger partial charge in [0.2, 0.25) is 0 Å². The van der Waals surface area contributed by atoms with Crippen molar-refractivity contribution in [1.82, 2.24) is 20.2 Å². The van der Waals surface area contributed by atoms with Crippen LogP contribution in [0.3, 0.4) is 0 Å². The van der Waals surface area contributed by atoms with E-state index in [0.717, 1.165) is 0 Å². The third-order valence-electron chi connectivity index (χ3n) is 5.20. The van der Waals surface area contributed by atoms with Crippen molar-refractivity contribution in [1.29, 1.82) is 0 Å². The Bertz CT molecular complexity index is 1230. The minimum Gasteiger partial charge on any atom is -0.481 e. The number of tetrazole rings is 1. The second-order valence-corrected chi connectivity index (χ2v) is 8.38. The lowest BCUT2D eigenvalue weighted by Gasteiger charge is -2.15. The molecule has 3 rings (SSSR count). The quantitative estimate of drug-likeness (QED) is 0.288. The van der Waals surface area contributed by atoms with Gasteiger partial charge in [0, 0.05) is 17.6 Å². The molecule has 36 heavy (non-hydrogen) atoms. The summed E-state index contributed by atoms with van der Waals surface area (Å²) >= 11 is 0. The number of aliphatic hydroxyl groups excluding tert-OH is 2. The van der Waals surface area contributed by atoms with Crippen LogP contribution in [0.2, 0.25) is 0 Å². The minimum atomic E-state index is -1.23. The predicted molar refractivity (Wildman–Crippen MR) is 128 cm³/mol. The molecular weight excluding hydrogens is 470 g/mol. The summed E-state index contributed by atoms with van der Waals surface area (Å²) in [6.45, 7) is 3.78. The molecule has 2 atom stereocenters. The maximum absolute atomic E-state index is 13.7. The van der Waals surface area contributed by atoms with Crippen molar-refractivity contribution in [2.75, 3.05) is 0 Å². The zero-order valence-corrected chi connectivity index (χ0v) is 19.7. The van der Waals surface area contributed by atoms with Crippen molar-refractivity contribution in [3.8, 4) is 0 Å². The van der Waals surface area contributed by atoms with E-state index in [1.807, 2.05) is 13.8 Å². The number of allylic oxidation sites excluding steroid dienone is 1. The van der Waals surface area contributed by atoms with E-state index < -0.39 is 36.2 Å². The highest BCUT2D eigenvalue weighted by molar-refractivity contribution is 6.00. The van der Waals surface area contributed by atoms with Gasteiger partial charge in [0.25, 0.3) is 0 Å². The maximum Gasteiger partial charge on any atom is 0.305 e. The third-order valence-corrected chi connectivity index (χ3v) is 5.20. The van der Waals surface area contributed by atoms with Crippen molar-refractivity contribution >= 4 is 17.1 Å². The molecule has 0 unspecified atom stereocenters. The number of carbonyl (C=O) groups is 1. The fourth-order valence-electron chi connectivity index (χ4n) is 3.55. The molecule has 0 radical (unpaired) electrons. The highest BCUT2D eigenvalue weighted by Crippen LogP contribution is 2.33. The van der Waals surface area contributed by atoms with Crippen molar-refractivity contribution < 1.29 is 28.9 Å². The average Bonchev–Trinajstić information content (AvgIpc) is 3.30. The smallest absolute Gasteiger partial charge is 0.305 e. The normalized spacial score (nSPS) is 12.5. The summed E-state index contributed by atoms with van der Waals surface area (Å²) in [6.07, 6.45) is -0.284. The first-order chi connectivity index (χ1) is 17.2. The molecule has 8 nitrogen and oxygen atoms in total. The molecule has 0 saturated heterocycles. The highest BCUT2D eigenvalue weighted by Gasteiger charge is 2.20. The molecule has 188 valence electrons. The predicted octanol–water partition coefficient (Wildman–Crippen LogP) is 3.79. The van der Waals surface area contributed by atoms with Crippen LogP contribution in [-0.2, 0) is 4.79 Å². The molecule has 2 aromatic carbocycles. The molecule has 0 fully saturated rings. The van der Waals surface area contributed by atoms with Crippen LogP contribution in [-0.4, -0.2) is 53.7 Å². The molecule has 10 heteroatoms. The van der Waals surface area contributed by atoms with Gasteiger partial charge in [0.15, 0.2) is 5.82 Å². The van der Waals surface area contributed by atoms with Crippen LogP contribution in [0.25, 0.3) is 11.1 Å². The Morgan fingerprint density at radius 2 is 1.58 bits per heavy atom. The standard InChI is InChI=1S/C26H26F2N4O4/c1-16(2)32-26(29-30-31-32)23(5-3-4-21(33)14-22(34)15-24(35)36)25(17-6-10-19(27)11-7-17)18-8-12-20(28)13-9-18/h4-13,16,21-22,33-34H,14-15H2,1-2H3,(H,35,36)/t3?,21-,22-/m1/s1. The summed E-state index contributed by atoms with van der Waals surface area (Å²) in [5.41, 5.74) is 5.10. The lowest BCUT2D eigenvalue weighted by molar-refractivity contribution is -0.139. The molecule has 0 amide bonds. The third kappa shape index (κ3) is 7.02. The number of hydrogen-bond donors (Lipinski definition) is 3. The molecule has 1 heterocycles. The van der Waals surface area contributed by atoms with Crippen LogP contribution < -0.4 is 0 Å². The van der Waals surface area contributed by atoms with Crippen LogP contribution >= 0.6 is 0 Å². The summed E-state index contributed by atoms with van der Waals surface area (Å²) in [7, 11) is 0. The Morgan fingerprint density at radius 3 is 2.08 bits per heavy atom. The van der Waals surface area contributed by atoms with Crippen LogP contribution in [0.1, 0.15) is 49.7 Å². The first-order valence-electron chi connectivity index (χ1n) is 11.2. The van der Waals surface area contributed by atoms with E-state index in [1.54, 1.807) is 28.9 Å². The average molecular weight is 497 g/mol. The van der Waals surface area contributed by atoms with Gasteiger partial charge in [0.05, 0.1) is 24.7 Å². The van der Waals surface area contributed by atoms with Crippen molar-refractivity contribution in [2.24, 2.45) is 0 Å². The molecule has 0 aliphatic carbocycles. The lowest BCUT2D eigenvalue weighted by Crippen LogP contribution is -2.19. The summed E-state index contributed by atoms with van der Waals surface area (Å²) < 4.78 is 29.0. The van der Waals surface area contributed by atoms with Crippen molar-refractivity contribution in [2.45, 2.75) is 44.9 Å². The van der Waals surface area contributed by atoms with Crippen LogP contribution in [0.5, 0.6) is 0 Å². The number of rotatable bonds is 10. The molecule has 0 aliphatic heterocycles. The summed E-state index contributed by atoms with van der Waals surface area (Å²) in [6, 6.07) is 11.4. The number of nitrogens with zero attached hydrogens (tertiary/aromatic N) is 4. The van der Waals surface area contributed by atoms with E-state index in [4.69, 9.17) is 5.11 Å². The van der Waals surface area contributed by atoms with Gasteiger partial charge in [-0.3, -0.25) is 4.79 Å². The zero-order chi connectivity index (χ0) is 26.2. The summed E-state index contributed by atoms with van der Waals surface area (Å²) in [5.74, 6) is -1.67. The zero-order valence-electron chi connectivity index (χ0n) is 19.7. The monoisotopic (exact) mass is 496 g/mol. The van der Waals surface area contributed by atoms with Crippen LogP contribution in [0.15, 0.2) is 66.4 Å². The Hall–Kier alpha value is -3.98. The molecule has 3 aromatic rings. The number of benzene rings is 2. The largest absolute Gasteiger partial charge is 0.481 e.